The monoisotopic (exact) mass is 411 g/mol. The molecule has 0 bridgehead atoms. The number of fused-ring (bicyclic) bond motifs is 3. The first kappa shape index (κ1) is 20.1. The number of benzene rings is 1. The van der Waals surface area contributed by atoms with Crippen LogP contribution in [0.1, 0.15) is 16.8 Å². The SMILES string of the molecule is Cc1ccccc1Cn1c(=O)c2c(nc3n(CCOCCO)c(C)cn23)n(C)c1=O. The Hall–Kier alpha value is -3.17. The maximum Gasteiger partial charge on any atom is 0.332 e. The topological polar surface area (TPSA) is 95.7 Å². The first-order valence-corrected chi connectivity index (χ1v) is 9.85. The Labute approximate surface area is 172 Å². The second-order valence-electron chi connectivity index (χ2n) is 7.37. The van der Waals surface area contributed by atoms with Gasteiger partial charge >= 0.3 is 5.69 Å². The van der Waals surface area contributed by atoms with Crippen LogP contribution >= 0.6 is 0 Å². The molecule has 0 aliphatic rings. The molecule has 0 fully saturated rings. The highest BCUT2D eigenvalue weighted by atomic mass is 16.5. The maximum absolute atomic E-state index is 13.3. The number of imidazole rings is 2. The fourth-order valence-corrected chi connectivity index (χ4v) is 3.75. The third kappa shape index (κ3) is 3.25. The molecule has 0 aliphatic heterocycles. The summed E-state index contributed by atoms with van der Waals surface area (Å²) in [6, 6.07) is 7.71. The zero-order valence-corrected chi connectivity index (χ0v) is 17.3. The molecule has 0 unspecified atom stereocenters. The summed E-state index contributed by atoms with van der Waals surface area (Å²) in [4.78, 5) is 30.9. The van der Waals surface area contributed by atoms with E-state index in [-0.39, 0.29) is 25.3 Å². The van der Waals surface area contributed by atoms with E-state index in [1.807, 2.05) is 48.9 Å². The number of aliphatic hydroxyl groups excluding tert-OH is 1. The van der Waals surface area contributed by atoms with Gasteiger partial charge in [-0.2, -0.15) is 4.98 Å². The lowest BCUT2D eigenvalue weighted by Crippen LogP contribution is -2.39. The standard InChI is InChI=1S/C21H25N5O4/c1-14-6-4-5-7-16(14)13-26-19(28)17-18(23(3)21(26)29)22-20-24(8-10-30-11-9-27)15(2)12-25(17)20/h4-7,12,27H,8-11,13H2,1-3H3. The summed E-state index contributed by atoms with van der Waals surface area (Å²) >= 11 is 0. The van der Waals surface area contributed by atoms with Gasteiger partial charge in [0.2, 0.25) is 5.78 Å². The number of aliphatic hydroxyl groups is 1. The second kappa shape index (κ2) is 7.92. The van der Waals surface area contributed by atoms with Crippen molar-refractivity contribution in [2.24, 2.45) is 7.05 Å². The van der Waals surface area contributed by atoms with Gasteiger partial charge in [-0.15, -0.1) is 0 Å². The van der Waals surface area contributed by atoms with E-state index >= 15 is 0 Å². The van der Waals surface area contributed by atoms with E-state index in [0.29, 0.717) is 30.1 Å². The molecule has 0 spiro atoms. The molecule has 1 aromatic carbocycles. The van der Waals surface area contributed by atoms with E-state index < -0.39 is 5.69 Å². The molecular formula is C21H25N5O4. The van der Waals surface area contributed by atoms with Gasteiger partial charge < -0.3 is 14.4 Å². The van der Waals surface area contributed by atoms with Crippen molar-refractivity contribution in [3.8, 4) is 0 Å². The van der Waals surface area contributed by atoms with Crippen molar-refractivity contribution in [1.29, 1.82) is 0 Å². The second-order valence-corrected chi connectivity index (χ2v) is 7.37. The number of nitrogens with zero attached hydrogens (tertiary/aromatic N) is 5. The van der Waals surface area contributed by atoms with Gasteiger partial charge in [0.05, 0.1) is 26.4 Å². The first-order valence-electron chi connectivity index (χ1n) is 9.85. The van der Waals surface area contributed by atoms with Gasteiger partial charge in [-0.3, -0.25) is 18.3 Å². The van der Waals surface area contributed by atoms with Crippen LogP contribution in [0.5, 0.6) is 0 Å². The third-order valence-corrected chi connectivity index (χ3v) is 5.43. The van der Waals surface area contributed by atoms with Crippen LogP contribution in [-0.4, -0.2) is 48.0 Å². The molecule has 3 aromatic heterocycles. The molecule has 0 radical (unpaired) electrons. The van der Waals surface area contributed by atoms with Gasteiger partial charge in [-0.1, -0.05) is 24.3 Å². The Morgan fingerprint density at radius 1 is 1.10 bits per heavy atom. The van der Waals surface area contributed by atoms with Crippen molar-refractivity contribution < 1.29 is 9.84 Å². The smallest absolute Gasteiger partial charge is 0.332 e. The van der Waals surface area contributed by atoms with Gasteiger partial charge in [0.15, 0.2) is 11.2 Å². The molecule has 0 atom stereocenters. The van der Waals surface area contributed by atoms with Gasteiger partial charge in [0.1, 0.15) is 0 Å². The van der Waals surface area contributed by atoms with Crippen molar-refractivity contribution >= 4 is 16.9 Å². The van der Waals surface area contributed by atoms with E-state index in [2.05, 4.69) is 4.98 Å². The molecule has 4 aromatic rings. The number of ether oxygens (including phenoxy) is 1. The average Bonchev–Trinajstić information content (AvgIpc) is 3.23. The van der Waals surface area contributed by atoms with Crippen LogP contribution in [0, 0.1) is 13.8 Å². The predicted octanol–water partition coefficient (Wildman–Crippen LogP) is 0.823. The number of hydrogen-bond donors (Lipinski definition) is 1. The lowest BCUT2D eigenvalue weighted by Gasteiger charge is -2.10. The highest BCUT2D eigenvalue weighted by Crippen LogP contribution is 2.16. The molecule has 158 valence electrons. The summed E-state index contributed by atoms with van der Waals surface area (Å²) in [5, 5.41) is 8.86. The largest absolute Gasteiger partial charge is 0.394 e. The zero-order valence-electron chi connectivity index (χ0n) is 17.3. The van der Waals surface area contributed by atoms with Crippen LogP contribution in [0.4, 0.5) is 0 Å². The molecule has 0 aliphatic carbocycles. The van der Waals surface area contributed by atoms with E-state index in [1.54, 1.807) is 11.4 Å². The molecule has 30 heavy (non-hydrogen) atoms. The van der Waals surface area contributed by atoms with Crippen LogP contribution in [0.3, 0.4) is 0 Å². The van der Waals surface area contributed by atoms with E-state index in [4.69, 9.17) is 9.84 Å². The highest BCUT2D eigenvalue weighted by molar-refractivity contribution is 5.75. The van der Waals surface area contributed by atoms with E-state index in [0.717, 1.165) is 16.8 Å². The maximum atomic E-state index is 13.3. The third-order valence-electron chi connectivity index (χ3n) is 5.43. The van der Waals surface area contributed by atoms with Crippen LogP contribution in [0.15, 0.2) is 40.1 Å². The summed E-state index contributed by atoms with van der Waals surface area (Å²) in [7, 11) is 1.63. The molecule has 0 saturated heterocycles. The minimum Gasteiger partial charge on any atom is -0.394 e. The van der Waals surface area contributed by atoms with Gasteiger partial charge in [0.25, 0.3) is 5.56 Å². The predicted molar refractivity (Wildman–Crippen MR) is 113 cm³/mol. The van der Waals surface area contributed by atoms with Crippen molar-refractivity contribution in [3.63, 3.8) is 0 Å². The lowest BCUT2D eigenvalue weighted by molar-refractivity contribution is 0.0872. The Morgan fingerprint density at radius 2 is 1.87 bits per heavy atom. The van der Waals surface area contributed by atoms with Crippen molar-refractivity contribution in [3.05, 3.63) is 68.1 Å². The molecule has 0 saturated carbocycles. The fraction of sp³-hybridized carbons (Fsp3) is 0.381. The summed E-state index contributed by atoms with van der Waals surface area (Å²) in [6.07, 6.45) is 1.85. The van der Waals surface area contributed by atoms with Crippen LogP contribution < -0.4 is 11.2 Å². The van der Waals surface area contributed by atoms with E-state index in [1.165, 1.54) is 9.13 Å². The zero-order chi connectivity index (χ0) is 21.4. The van der Waals surface area contributed by atoms with Gasteiger partial charge in [-0.05, 0) is 25.0 Å². The summed E-state index contributed by atoms with van der Waals surface area (Å²) in [6.45, 7) is 5.27. The Kier molecular flexibility index (Phi) is 5.31. The van der Waals surface area contributed by atoms with Crippen molar-refractivity contribution in [2.45, 2.75) is 26.9 Å². The minimum atomic E-state index is -0.397. The normalized spacial score (nSPS) is 11.7. The van der Waals surface area contributed by atoms with E-state index in [9.17, 15) is 9.59 Å². The Bertz CT molecular complexity index is 1340. The van der Waals surface area contributed by atoms with Crippen LogP contribution in [-0.2, 0) is 24.9 Å². The lowest BCUT2D eigenvalue weighted by atomic mass is 10.1. The first-order chi connectivity index (χ1) is 14.4. The molecule has 3 heterocycles. The molecule has 1 N–H and O–H groups in total. The average molecular weight is 411 g/mol. The Balaban J connectivity index is 1.87. The summed E-state index contributed by atoms with van der Waals surface area (Å²) < 4.78 is 11.7. The minimum absolute atomic E-state index is 0.0319. The number of aryl methyl sites for hydroxylation is 3. The molecule has 0 amide bonds. The molecular weight excluding hydrogens is 386 g/mol. The summed E-state index contributed by atoms with van der Waals surface area (Å²) in [5.41, 5.74) is 2.83. The number of rotatable bonds is 7. The van der Waals surface area contributed by atoms with Gasteiger partial charge in [0, 0.05) is 25.5 Å². The highest BCUT2D eigenvalue weighted by Gasteiger charge is 2.20. The Morgan fingerprint density at radius 3 is 2.60 bits per heavy atom. The molecule has 4 rings (SSSR count). The molecule has 9 nitrogen and oxygen atoms in total. The number of hydrogen-bond acceptors (Lipinski definition) is 5. The number of aromatic nitrogens is 5. The molecule has 9 heteroatoms. The van der Waals surface area contributed by atoms with Gasteiger partial charge in [-0.25, -0.2) is 4.79 Å². The quantitative estimate of drug-likeness (QED) is 0.455. The van der Waals surface area contributed by atoms with Crippen LogP contribution in [0.25, 0.3) is 16.9 Å². The van der Waals surface area contributed by atoms with Crippen molar-refractivity contribution in [1.82, 2.24) is 23.1 Å². The van der Waals surface area contributed by atoms with Crippen molar-refractivity contribution in [2.75, 3.05) is 19.8 Å². The fourth-order valence-electron chi connectivity index (χ4n) is 3.75. The summed E-state index contributed by atoms with van der Waals surface area (Å²) in [5.74, 6) is 0.579. The van der Waals surface area contributed by atoms with Crippen LogP contribution in [0.2, 0.25) is 0 Å².